The van der Waals surface area contributed by atoms with Crippen LogP contribution in [-0.2, 0) is 0 Å². The molecule has 2 aliphatic rings. The number of nitrogens with two attached hydrogens (primary N) is 2. The number of fused-ring (bicyclic) bond motifs is 2. The van der Waals surface area contributed by atoms with Crippen LogP contribution >= 0.6 is 0 Å². The van der Waals surface area contributed by atoms with Crippen LogP contribution in [0, 0.1) is 5.92 Å². The Hall–Kier alpha value is -3.88. The van der Waals surface area contributed by atoms with Crippen LogP contribution in [0.3, 0.4) is 0 Å². The lowest BCUT2D eigenvalue weighted by molar-refractivity contribution is 0.0936. The molecule has 3 amide bonds. The van der Waals surface area contributed by atoms with Crippen molar-refractivity contribution in [3.63, 3.8) is 0 Å². The SMILES string of the molecule is NC(=O)c1ccc(N2CCCC3CC(NC(=O)c4ccc(C(N)=O)c5[nH]ccc45)CC32)nc1. The number of H-pyrrole nitrogens is 1. The molecule has 1 aliphatic carbocycles. The Morgan fingerprint density at radius 2 is 1.85 bits per heavy atom. The van der Waals surface area contributed by atoms with Crippen LogP contribution in [0.5, 0.6) is 0 Å². The zero-order valence-corrected chi connectivity index (χ0v) is 18.1. The molecule has 1 aliphatic heterocycles. The normalized spacial score (nSPS) is 22.2. The van der Waals surface area contributed by atoms with E-state index in [9.17, 15) is 14.4 Å². The molecule has 1 saturated carbocycles. The number of rotatable bonds is 5. The summed E-state index contributed by atoms with van der Waals surface area (Å²) in [6.45, 7) is 0.892. The number of nitrogens with zero attached hydrogens (tertiary/aromatic N) is 2. The number of benzene rings is 1. The number of pyridine rings is 1. The Morgan fingerprint density at radius 3 is 2.58 bits per heavy atom. The van der Waals surface area contributed by atoms with Crippen LogP contribution in [0.2, 0.25) is 0 Å². The Morgan fingerprint density at radius 1 is 1.03 bits per heavy atom. The molecule has 9 heteroatoms. The summed E-state index contributed by atoms with van der Waals surface area (Å²) in [6.07, 6.45) is 7.12. The average Bonchev–Trinajstić information content (AvgIpc) is 3.45. The molecule has 2 fully saturated rings. The Bertz CT molecular complexity index is 1230. The van der Waals surface area contributed by atoms with Gasteiger partial charge in [-0.05, 0) is 61.9 Å². The first-order valence-electron chi connectivity index (χ1n) is 11.2. The van der Waals surface area contributed by atoms with Gasteiger partial charge in [0, 0.05) is 42.0 Å². The van der Waals surface area contributed by atoms with Gasteiger partial charge in [-0.3, -0.25) is 14.4 Å². The van der Waals surface area contributed by atoms with Crippen LogP contribution in [0.1, 0.15) is 56.8 Å². The van der Waals surface area contributed by atoms with Crippen molar-refractivity contribution in [2.24, 2.45) is 17.4 Å². The highest BCUT2D eigenvalue weighted by Gasteiger charge is 2.41. The van der Waals surface area contributed by atoms with Crippen molar-refractivity contribution in [3.8, 4) is 0 Å². The Kier molecular flexibility index (Phi) is 5.24. The second-order valence-electron chi connectivity index (χ2n) is 8.87. The Labute approximate surface area is 190 Å². The number of aromatic nitrogens is 2. The number of primary amides is 2. The number of nitrogens with one attached hydrogen (secondary N) is 2. The van der Waals surface area contributed by atoms with Gasteiger partial charge < -0.3 is 26.7 Å². The molecule has 3 aromatic rings. The summed E-state index contributed by atoms with van der Waals surface area (Å²) in [5, 5.41) is 3.88. The largest absolute Gasteiger partial charge is 0.366 e. The molecular formula is C24H26N6O3. The number of amides is 3. The highest BCUT2D eigenvalue weighted by atomic mass is 16.2. The minimum absolute atomic E-state index is 0.0443. The van der Waals surface area contributed by atoms with E-state index in [1.165, 1.54) is 6.20 Å². The van der Waals surface area contributed by atoms with Gasteiger partial charge in [0.25, 0.3) is 11.8 Å². The Balaban J connectivity index is 1.32. The quantitative estimate of drug-likeness (QED) is 0.473. The third kappa shape index (κ3) is 3.79. The molecule has 0 radical (unpaired) electrons. The standard InChI is InChI=1S/C24H26N6O3/c25-22(31)14-3-6-20(28-12-14)30-9-1-2-13-10-15(11-19(13)30)29-24(33)17-4-5-18(23(26)32)21-16(17)7-8-27-21/h3-8,12-13,15,19,27H,1-2,9-11H2,(H2,25,31)(H2,26,32)(H,29,33). The highest BCUT2D eigenvalue weighted by Crippen LogP contribution is 2.39. The lowest BCUT2D eigenvalue weighted by Gasteiger charge is -2.38. The summed E-state index contributed by atoms with van der Waals surface area (Å²) in [6, 6.07) is 8.91. The second-order valence-corrected chi connectivity index (χ2v) is 8.87. The number of aromatic amines is 1. The number of carbonyl (C=O) groups excluding carboxylic acids is 3. The van der Waals surface area contributed by atoms with Gasteiger partial charge in [-0.15, -0.1) is 0 Å². The first-order valence-corrected chi connectivity index (χ1v) is 11.2. The molecule has 6 N–H and O–H groups in total. The molecule has 5 rings (SSSR count). The summed E-state index contributed by atoms with van der Waals surface area (Å²) < 4.78 is 0. The minimum Gasteiger partial charge on any atom is -0.366 e. The number of hydrogen-bond donors (Lipinski definition) is 4. The topological polar surface area (TPSA) is 147 Å². The van der Waals surface area contributed by atoms with Crippen molar-refractivity contribution in [1.29, 1.82) is 0 Å². The van der Waals surface area contributed by atoms with Crippen molar-refractivity contribution in [2.75, 3.05) is 11.4 Å². The molecule has 2 aromatic heterocycles. The molecule has 9 nitrogen and oxygen atoms in total. The van der Waals surface area contributed by atoms with E-state index in [0.29, 0.717) is 33.5 Å². The van der Waals surface area contributed by atoms with Gasteiger partial charge in [0.1, 0.15) is 5.82 Å². The molecule has 3 heterocycles. The van der Waals surface area contributed by atoms with Crippen molar-refractivity contribution < 1.29 is 14.4 Å². The molecule has 3 unspecified atom stereocenters. The summed E-state index contributed by atoms with van der Waals surface area (Å²) in [5.41, 5.74) is 12.6. The maximum atomic E-state index is 13.1. The molecule has 33 heavy (non-hydrogen) atoms. The number of piperidine rings is 1. The minimum atomic E-state index is -0.535. The van der Waals surface area contributed by atoms with Gasteiger partial charge in [-0.25, -0.2) is 4.98 Å². The first-order chi connectivity index (χ1) is 15.9. The van der Waals surface area contributed by atoms with Crippen LogP contribution in [0.15, 0.2) is 42.7 Å². The zero-order chi connectivity index (χ0) is 23.1. The van der Waals surface area contributed by atoms with Gasteiger partial charge in [0.05, 0.1) is 16.6 Å². The molecule has 170 valence electrons. The average molecular weight is 447 g/mol. The first kappa shape index (κ1) is 21.0. The van der Waals surface area contributed by atoms with Crippen LogP contribution in [0.4, 0.5) is 5.82 Å². The van der Waals surface area contributed by atoms with Crippen molar-refractivity contribution in [1.82, 2.24) is 15.3 Å². The van der Waals surface area contributed by atoms with Crippen molar-refractivity contribution in [2.45, 2.75) is 37.8 Å². The molecule has 0 spiro atoms. The zero-order valence-electron chi connectivity index (χ0n) is 18.1. The van der Waals surface area contributed by atoms with Gasteiger partial charge in [0.15, 0.2) is 0 Å². The maximum absolute atomic E-state index is 13.1. The maximum Gasteiger partial charge on any atom is 0.252 e. The van der Waals surface area contributed by atoms with Gasteiger partial charge in [-0.1, -0.05) is 0 Å². The fraction of sp³-hybridized carbons (Fsp3) is 0.333. The molecule has 0 bridgehead atoms. The van der Waals surface area contributed by atoms with E-state index in [1.54, 1.807) is 30.5 Å². The van der Waals surface area contributed by atoms with Crippen molar-refractivity contribution >= 4 is 34.4 Å². The van der Waals surface area contributed by atoms with Gasteiger partial charge in [-0.2, -0.15) is 0 Å². The highest BCUT2D eigenvalue weighted by molar-refractivity contribution is 6.12. The number of hydrogen-bond acceptors (Lipinski definition) is 5. The number of carbonyl (C=O) groups is 3. The molecular weight excluding hydrogens is 420 g/mol. The lowest BCUT2D eigenvalue weighted by Crippen LogP contribution is -2.43. The van der Waals surface area contributed by atoms with E-state index in [0.717, 1.165) is 38.0 Å². The predicted octanol–water partition coefficient (Wildman–Crippen LogP) is 1.94. The molecule has 1 aromatic carbocycles. The van der Waals surface area contributed by atoms with Crippen LogP contribution in [0.25, 0.3) is 10.9 Å². The fourth-order valence-electron chi connectivity index (χ4n) is 5.41. The summed E-state index contributed by atoms with van der Waals surface area (Å²) in [7, 11) is 0. The molecule has 1 saturated heterocycles. The third-order valence-electron chi connectivity index (χ3n) is 6.93. The van der Waals surface area contributed by atoms with Gasteiger partial charge >= 0.3 is 0 Å². The van der Waals surface area contributed by atoms with E-state index in [-0.39, 0.29) is 18.0 Å². The monoisotopic (exact) mass is 446 g/mol. The van der Waals surface area contributed by atoms with Crippen molar-refractivity contribution in [3.05, 3.63) is 59.4 Å². The summed E-state index contributed by atoms with van der Waals surface area (Å²) in [4.78, 5) is 45.9. The second kappa shape index (κ2) is 8.23. The number of anilines is 1. The van der Waals surface area contributed by atoms with E-state index < -0.39 is 11.8 Å². The fourth-order valence-corrected chi connectivity index (χ4v) is 5.41. The summed E-state index contributed by atoms with van der Waals surface area (Å²) in [5.74, 6) is 0.111. The molecule has 3 atom stereocenters. The van der Waals surface area contributed by atoms with Crippen LogP contribution < -0.4 is 21.7 Å². The lowest BCUT2D eigenvalue weighted by atomic mass is 9.92. The van der Waals surface area contributed by atoms with E-state index in [1.807, 2.05) is 6.07 Å². The smallest absolute Gasteiger partial charge is 0.252 e. The van der Waals surface area contributed by atoms with E-state index in [2.05, 4.69) is 20.2 Å². The van der Waals surface area contributed by atoms with E-state index in [4.69, 9.17) is 11.5 Å². The van der Waals surface area contributed by atoms with Gasteiger partial charge in [0.2, 0.25) is 5.91 Å². The summed E-state index contributed by atoms with van der Waals surface area (Å²) >= 11 is 0. The van der Waals surface area contributed by atoms with E-state index >= 15 is 0 Å². The third-order valence-corrected chi connectivity index (χ3v) is 6.93. The predicted molar refractivity (Wildman–Crippen MR) is 124 cm³/mol. The van der Waals surface area contributed by atoms with Crippen LogP contribution in [-0.4, -0.2) is 46.3 Å².